The third kappa shape index (κ3) is 5.08. The first-order valence-electron chi connectivity index (χ1n) is 12.0. The van der Waals surface area contributed by atoms with E-state index in [1.807, 2.05) is 56.2 Å². The number of hydrogen-bond donors (Lipinski definition) is 0. The highest BCUT2D eigenvalue weighted by Crippen LogP contribution is 2.45. The lowest BCUT2D eigenvalue weighted by atomic mass is 9.93. The van der Waals surface area contributed by atoms with Crippen LogP contribution in [0.3, 0.4) is 0 Å². The van der Waals surface area contributed by atoms with E-state index in [0.29, 0.717) is 11.3 Å². The van der Waals surface area contributed by atoms with Crippen molar-refractivity contribution in [3.05, 3.63) is 57.8 Å². The largest absolute Gasteiger partial charge is 0.459 e. The van der Waals surface area contributed by atoms with Gasteiger partial charge in [0.25, 0.3) is 0 Å². The number of ether oxygens (including phenoxy) is 1. The number of aliphatic imine (C=N–C) groups is 1. The summed E-state index contributed by atoms with van der Waals surface area (Å²) in [5.74, 6) is -0.246. The van der Waals surface area contributed by atoms with Crippen LogP contribution < -0.4 is 0 Å². The van der Waals surface area contributed by atoms with Crippen LogP contribution in [0, 0.1) is 6.92 Å². The molecule has 0 bridgehead atoms. The molecule has 7 nitrogen and oxygen atoms in total. The highest BCUT2D eigenvalue weighted by molar-refractivity contribution is 8.16. The van der Waals surface area contributed by atoms with Gasteiger partial charge in [-0.3, -0.25) is 4.79 Å². The zero-order valence-electron chi connectivity index (χ0n) is 20.7. The van der Waals surface area contributed by atoms with Gasteiger partial charge in [-0.1, -0.05) is 48.5 Å². The summed E-state index contributed by atoms with van der Waals surface area (Å²) in [7, 11) is 0. The van der Waals surface area contributed by atoms with Gasteiger partial charge in [-0.05, 0) is 45.2 Å². The molecule has 0 aliphatic carbocycles. The molecular weight excluding hydrogens is 448 g/mol. The number of aryl methyl sites for hydroxylation is 1. The lowest BCUT2D eigenvalue weighted by Crippen LogP contribution is -2.49. The van der Waals surface area contributed by atoms with E-state index in [0.717, 1.165) is 54.7 Å². The van der Waals surface area contributed by atoms with E-state index in [4.69, 9.17) is 9.73 Å². The zero-order chi connectivity index (χ0) is 24.4. The number of piperazine rings is 1. The molecule has 34 heavy (non-hydrogen) atoms. The molecular formula is C26H34N4O3S. The number of likely N-dealkylation sites (N-methyl/N-ethyl adjacent to an activating group) is 1. The Labute approximate surface area is 206 Å². The van der Waals surface area contributed by atoms with E-state index < -0.39 is 0 Å². The zero-order valence-corrected chi connectivity index (χ0v) is 21.5. The Kier molecular flexibility index (Phi) is 7.48. The van der Waals surface area contributed by atoms with Crippen molar-refractivity contribution in [3.8, 4) is 0 Å². The smallest absolute Gasteiger partial charge is 0.338 e. The maximum Gasteiger partial charge on any atom is 0.338 e. The second-order valence-corrected chi connectivity index (χ2v) is 10.1. The van der Waals surface area contributed by atoms with Crippen molar-refractivity contribution in [2.75, 3.05) is 32.7 Å². The fourth-order valence-corrected chi connectivity index (χ4v) is 5.61. The lowest BCUT2D eigenvalue weighted by molar-refractivity contribution is -0.143. The maximum atomic E-state index is 13.2. The molecule has 0 radical (unpaired) electrons. The number of allylic oxidation sites excluding steroid dienone is 1. The number of fused-ring (bicyclic) bond motifs is 1. The average molecular weight is 483 g/mol. The third-order valence-corrected chi connectivity index (χ3v) is 7.31. The van der Waals surface area contributed by atoms with Gasteiger partial charge < -0.3 is 19.4 Å². The van der Waals surface area contributed by atoms with Crippen LogP contribution in [0.2, 0.25) is 0 Å². The van der Waals surface area contributed by atoms with Crippen LogP contribution in [0.4, 0.5) is 0 Å². The van der Waals surface area contributed by atoms with E-state index in [-0.39, 0.29) is 30.4 Å². The molecule has 1 amide bonds. The van der Waals surface area contributed by atoms with Gasteiger partial charge in [0.2, 0.25) is 5.91 Å². The minimum Gasteiger partial charge on any atom is -0.459 e. The van der Waals surface area contributed by atoms with Crippen LogP contribution in [-0.4, -0.2) is 70.6 Å². The van der Waals surface area contributed by atoms with Crippen LogP contribution in [0.25, 0.3) is 0 Å². The number of carbonyl (C=O) groups is 2. The second-order valence-electron chi connectivity index (χ2n) is 9.25. The summed E-state index contributed by atoms with van der Waals surface area (Å²) in [6.45, 7) is 14.1. The number of amides is 1. The summed E-state index contributed by atoms with van der Waals surface area (Å²) in [5, 5.41) is 2.80. The number of thioether (sulfide) groups is 1. The van der Waals surface area contributed by atoms with Crippen LogP contribution in [-0.2, 0) is 14.3 Å². The van der Waals surface area contributed by atoms with Crippen LogP contribution in [0.15, 0.2) is 51.6 Å². The number of nitrogens with zero attached hydrogens (tertiary/aromatic N) is 4. The number of amidine groups is 1. The molecule has 4 rings (SSSR count). The highest BCUT2D eigenvalue weighted by Gasteiger charge is 2.41. The predicted molar refractivity (Wildman–Crippen MR) is 136 cm³/mol. The molecule has 0 aromatic heterocycles. The molecule has 8 heteroatoms. The normalized spacial score (nSPS) is 20.9. The summed E-state index contributed by atoms with van der Waals surface area (Å²) >= 11 is 1.51. The summed E-state index contributed by atoms with van der Waals surface area (Å²) in [4.78, 5) is 37.6. The molecule has 182 valence electrons. The van der Waals surface area contributed by atoms with Crippen molar-refractivity contribution in [1.82, 2.24) is 14.7 Å². The summed E-state index contributed by atoms with van der Waals surface area (Å²) in [6.07, 6.45) is 0.0501. The summed E-state index contributed by atoms with van der Waals surface area (Å²) < 4.78 is 5.62. The number of benzene rings is 1. The van der Waals surface area contributed by atoms with Gasteiger partial charge in [0, 0.05) is 31.9 Å². The van der Waals surface area contributed by atoms with Gasteiger partial charge >= 0.3 is 5.97 Å². The molecule has 3 aliphatic rings. The van der Waals surface area contributed by atoms with E-state index >= 15 is 0 Å². The Bertz CT molecular complexity index is 1050. The Balaban J connectivity index is 1.64. The molecule has 1 atom stereocenters. The van der Waals surface area contributed by atoms with E-state index in [1.165, 1.54) is 11.8 Å². The molecule has 1 aromatic carbocycles. The van der Waals surface area contributed by atoms with Gasteiger partial charge in [0.15, 0.2) is 5.17 Å². The topological polar surface area (TPSA) is 65.4 Å². The minimum atomic E-state index is -0.385. The number of esters is 1. The average Bonchev–Trinajstić information content (AvgIpc) is 3.19. The molecule has 3 aliphatic heterocycles. The highest BCUT2D eigenvalue weighted by atomic mass is 32.2. The van der Waals surface area contributed by atoms with Gasteiger partial charge in [-0.2, -0.15) is 0 Å². The van der Waals surface area contributed by atoms with Gasteiger partial charge in [-0.25, -0.2) is 9.79 Å². The van der Waals surface area contributed by atoms with E-state index in [9.17, 15) is 9.59 Å². The second kappa shape index (κ2) is 10.4. The molecule has 1 fully saturated rings. The number of hydrogen-bond acceptors (Lipinski definition) is 7. The Morgan fingerprint density at radius 1 is 1.18 bits per heavy atom. The first-order chi connectivity index (χ1) is 16.3. The molecule has 1 aromatic rings. The fourth-order valence-electron chi connectivity index (χ4n) is 4.64. The fraction of sp³-hybridized carbons (Fsp3) is 0.500. The summed E-state index contributed by atoms with van der Waals surface area (Å²) in [6, 6.07) is 7.78. The molecule has 0 saturated carbocycles. The molecule has 0 spiro atoms. The Hall–Kier alpha value is -2.58. The van der Waals surface area contributed by atoms with Crippen molar-refractivity contribution in [2.45, 2.75) is 53.2 Å². The van der Waals surface area contributed by atoms with E-state index in [1.54, 1.807) is 0 Å². The molecule has 1 saturated heterocycles. The first kappa shape index (κ1) is 24.5. The van der Waals surface area contributed by atoms with Crippen LogP contribution >= 0.6 is 11.8 Å². The molecule has 3 heterocycles. The van der Waals surface area contributed by atoms with Gasteiger partial charge in [-0.15, -0.1) is 0 Å². The van der Waals surface area contributed by atoms with Crippen molar-refractivity contribution in [2.24, 2.45) is 4.99 Å². The van der Waals surface area contributed by atoms with Gasteiger partial charge in [0.05, 0.1) is 29.8 Å². The van der Waals surface area contributed by atoms with Crippen molar-refractivity contribution >= 4 is 28.8 Å². The third-order valence-electron chi connectivity index (χ3n) is 6.43. The predicted octanol–water partition coefficient (Wildman–Crippen LogP) is 4.08. The van der Waals surface area contributed by atoms with E-state index in [2.05, 4.69) is 22.8 Å². The Morgan fingerprint density at radius 2 is 1.91 bits per heavy atom. The summed E-state index contributed by atoms with van der Waals surface area (Å²) in [5.41, 5.74) is 4.16. The molecule has 0 unspecified atom stereocenters. The SMILES string of the molecule is CCN1CCN(C(=O)CC2=CSC3=NC(C)=C(C(=O)OC(C)C)[C@@H](c4cccc(C)c4)N23)CC1. The maximum absolute atomic E-state index is 13.2. The van der Waals surface area contributed by atoms with Crippen molar-refractivity contribution in [1.29, 1.82) is 0 Å². The molecule has 0 N–H and O–H groups in total. The first-order valence-corrected chi connectivity index (χ1v) is 12.9. The quantitative estimate of drug-likeness (QED) is 0.570. The van der Waals surface area contributed by atoms with Gasteiger partial charge in [0.1, 0.15) is 0 Å². The minimum absolute atomic E-state index is 0.115. The van der Waals surface area contributed by atoms with Crippen molar-refractivity contribution < 1.29 is 14.3 Å². The lowest BCUT2D eigenvalue weighted by Gasteiger charge is -2.38. The van der Waals surface area contributed by atoms with Crippen molar-refractivity contribution in [3.63, 3.8) is 0 Å². The number of rotatable bonds is 6. The van der Waals surface area contributed by atoms with Crippen LogP contribution in [0.5, 0.6) is 0 Å². The Morgan fingerprint density at radius 3 is 2.56 bits per heavy atom. The standard InChI is InChI=1S/C26H34N4O3S/c1-6-28-10-12-29(13-11-28)22(31)15-21-16-34-26-27-19(5)23(25(32)33-17(2)3)24(30(21)26)20-9-7-8-18(4)14-20/h7-9,14,16-17,24H,6,10-13,15H2,1-5H3/t24-/m1/s1. The number of carbonyl (C=O) groups excluding carboxylic acids is 2. The van der Waals surface area contributed by atoms with Crippen LogP contribution in [0.1, 0.15) is 51.3 Å². The monoisotopic (exact) mass is 482 g/mol.